The first-order valence-electron chi connectivity index (χ1n) is 31.3. The zero-order valence-corrected chi connectivity index (χ0v) is 51.6. The van der Waals surface area contributed by atoms with Gasteiger partial charge in [-0.05, 0) is 201 Å². The molecule has 0 atom stereocenters. The van der Waals surface area contributed by atoms with Crippen molar-refractivity contribution in [2.75, 3.05) is 0 Å². The number of dihydropyridines is 1. The molecule has 12 nitrogen and oxygen atoms in total. The SMILES string of the molecule is CCC1=C(CC)C2=C(N3C=CC(=C4C=CNC=C4)C=C3)C3=NC(=C([n+]4ccc(-c5ccncc5)cc4)C4=NC(=C([n+]5ccc(-c6ccncc6)cc5)C5=NC(=C([n+]6ccc(-c7ccncc7)cc6)C1=N2)C(CC)=C5CC)C(CC)=C4CC)C(CC)=C3CC. The van der Waals surface area contributed by atoms with Gasteiger partial charge in [0.2, 0.25) is 0 Å². The molecule has 6 aromatic rings. The Morgan fingerprint density at radius 2 is 0.591 bits per heavy atom. The molecular formula is C76H73N12+3. The van der Waals surface area contributed by atoms with E-state index >= 15 is 0 Å². The number of pyridine rings is 6. The van der Waals surface area contributed by atoms with Crippen LogP contribution in [0.3, 0.4) is 0 Å². The minimum Gasteiger partial charge on any atom is -0.368 e. The number of aliphatic imine (C=N–C) groups is 4. The van der Waals surface area contributed by atoms with E-state index in [4.69, 9.17) is 20.0 Å². The van der Waals surface area contributed by atoms with Gasteiger partial charge < -0.3 is 10.2 Å². The van der Waals surface area contributed by atoms with Gasteiger partial charge in [-0.3, -0.25) is 15.0 Å². The largest absolute Gasteiger partial charge is 0.368 e. The lowest BCUT2D eigenvalue weighted by atomic mass is 9.91. The van der Waals surface area contributed by atoms with Crippen LogP contribution >= 0.6 is 0 Å². The molecule has 13 heterocycles. The van der Waals surface area contributed by atoms with Crippen molar-refractivity contribution in [2.45, 2.75) is 107 Å². The van der Waals surface area contributed by atoms with E-state index in [1.807, 2.05) is 49.6 Å². The fraction of sp³-hybridized carbons (Fsp3) is 0.211. The van der Waals surface area contributed by atoms with Crippen LogP contribution in [0.4, 0.5) is 0 Å². The summed E-state index contributed by atoms with van der Waals surface area (Å²) >= 11 is 0. The molecule has 0 aromatic carbocycles. The molecule has 434 valence electrons. The van der Waals surface area contributed by atoms with E-state index < -0.39 is 0 Å². The van der Waals surface area contributed by atoms with Gasteiger partial charge in [0.1, 0.15) is 34.2 Å². The number of nitrogens with one attached hydrogen (secondary N) is 1. The highest BCUT2D eigenvalue weighted by atomic mass is 15.1. The second-order valence-electron chi connectivity index (χ2n) is 22.3. The minimum absolute atomic E-state index is 0.738. The average Bonchev–Trinajstić information content (AvgIpc) is 1.93. The summed E-state index contributed by atoms with van der Waals surface area (Å²) in [6, 6.07) is 25.6. The summed E-state index contributed by atoms with van der Waals surface area (Å²) in [5.41, 5.74) is 29.3. The quantitative estimate of drug-likeness (QED) is 0.103. The maximum absolute atomic E-state index is 6.13. The topological polar surface area (TPSA) is 115 Å². The van der Waals surface area contributed by atoms with Crippen molar-refractivity contribution in [1.82, 2.24) is 25.2 Å². The Bertz CT molecular complexity index is 4280. The first kappa shape index (κ1) is 56.9. The summed E-state index contributed by atoms with van der Waals surface area (Å²) in [4.78, 5) is 39.8. The van der Waals surface area contributed by atoms with Crippen molar-refractivity contribution in [1.29, 1.82) is 0 Å². The van der Waals surface area contributed by atoms with Crippen LogP contribution in [0.25, 0.3) is 50.5 Å². The number of aromatic nitrogens is 6. The van der Waals surface area contributed by atoms with Gasteiger partial charge in [0.15, 0.2) is 37.2 Å². The zero-order chi connectivity index (χ0) is 60.4. The molecule has 12 heteroatoms. The van der Waals surface area contributed by atoms with Crippen LogP contribution in [-0.4, -0.2) is 42.7 Å². The van der Waals surface area contributed by atoms with Crippen molar-refractivity contribution in [3.63, 3.8) is 0 Å². The third-order valence-electron chi connectivity index (χ3n) is 17.7. The molecule has 0 fully saturated rings. The molecule has 0 radical (unpaired) electrons. The van der Waals surface area contributed by atoms with Crippen molar-refractivity contribution < 1.29 is 13.7 Å². The fourth-order valence-electron chi connectivity index (χ4n) is 13.5. The normalized spacial score (nSPS) is 17.4. The number of hydrogen-bond acceptors (Lipinski definition) is 9. The number of rotatable bonds is 15. The standard InChI is InChI=1S/C76H73N12/c1-9-57-58(10-2)66-74(86-43-27-54(28-44-86)50-19-35-78-36-20-50)68-61(13-5)62(14-6)70(83-68)76(88-47-31-56(32-48-88)52-23-39-80-40-24-52)72-64(16-8)63(15-7)71(84-72)75(87-45-29-55(30-46-87)51-21-37-79-38-22-51)69-60(12-4)59(11-3)67(82-69)73(65(57)81-66)85-41-25-53(26-42-85)49-17-33-77-34-18-49/h17-48,77H,9-16H2,1-8H3/q+3. The summed E-state index contributed by atoms with van der Waals surface area (Å²) in [6.07, 6.45) is 47.2. The molecule has 0 saturated carbocycles. The van der Waals surface area contributed by atoms with Gasteiger partial charge in [0.05, 0.1) is 17.1 Å². The third kappa shape index (κ3) is 10.0. The van der Waals surface area contributed by atoms with Gasteiger partial charge in [0.25, 0.3) is 17.1 Å². The summed E-state index contributed by atoms with van der Waals surface area (Å²) in [5, 5.41) is 3.21. The van der Waals surface area contributed by atoms with Crippen molar-refractivity contribution in [2.24, 2.45) is 20.0 Å². The second-order valence-corrected chi connectivity index (χ2v) is 22.3. The monoisotopic (exact) mass is 1150 g/mol. The van der Waals surface area contributed by atoms with E-state index in [-0.39, 0.29) is 0 Å². The summed E-state index contributed by atoms with van der Waals surface area (Å²) in [6.45, 7) is 18.2. The molecule has 0 spiro atoms. The van der Waals surface area contributed by atoms with E-state index in [9.17, 15) is 0 Å². The molecule has 7 aliphatic rings. The van der Waals surface area contributed by atoms with Crippen LogP contribution in [0.1, 0.15) is 107 Å². The zero-order valence-electron chi connectivity index (χ0n) is 51.6. The third-order valence-corrected chi connectivity index (χ3v) is 17.7. The molecule has 1 N–H and O–H groups in total. The molecule has 0 amide bonds. The van der Waals surface area contributed by atoms with Crippen molar-refractivity contribution in [3.8, 4) is 33.4 Å². The molecule has 13 rings (SSSR count). The Kier molecular flexibility index (Phi) is 15.9. The first-order valence-corrected chi connectivity index (χ1v) is 31.3. The number of allylic oxidation sites excluding steroid dienone is 17. The number of fused-ring (bicyclic) bond motifs is 4. The molecule has 0 saturated heterocycles. The Morgan fingerprint density at radius 3 is 0.920 bits per heavy atom. The predicted molar refractivity (Wildman–Crippen MR) is 355 cm³/mol. The van der Waals surface area contributed by atoms with E-state index in [1.165, 1.54) is 44.6 Å². The molecule has 0 aliphatic carbocycles. The summed E-state index contributed by atoms with van der Waals surface area (Å²) in [7, 11) is 0. The van der Waals surface area contributed by atoms with E-state index in [1.54, 1.807) is 0 Å². The highest BCUT2D eigenvalue weighted by Crippen LogP contribution is 2.47. The Labute approximate surface area is 516 Å². The van der Waals surface area contributed by atoms with Crippen LogP contribution in [0.15, 0.2) is 300 Å². The smallest absolute Gasteiger partial charge is 0.262 e. The Balaban J connectivity index is 1.19. The van der Waals surface area contributed by atoms with E-state index in [0.717, 1.165) is 164 Å². The average molecular weight is 1150 g/mol. The van der Waals surface area contributed by atoms with Crippen LogP contribution in [0, 0.1) is 0 Å². The van der Waals surface area contributed by atoms with Gasteiger partial charge in [0, 0.05) is 98.4 Å². The lowest BCUT2D eigenvalue weighted by Gasteiger charge is -2.26. The van der Waals surface area contributed by atoms with E-state index in [2.05, 4.69) is 241 Å². The molecular weight excluding hydrogens is 1080 g/mol. The van der Waals surface area contributed by atoms with Gasteiger partial charge >= 0.3 is 0 Å². The maximum atomic E-state index is 6.13. The molecule has 88 heavy (non-hydrogen) atoms. The summed E-state index contributed by atoms with van der Waals surface area (Å²) < 4.78 is 6.81. The first-order chi connectivity index (χ1) is 43.3. The molecule has 7 aliphatic heterocycles. The molecule has 0 unspecified atom stereocenters. The highest BCUT2D eigenvalue weighted by Gasteiger charge is 2.45. The van der Waals surface area contributed by atoms with Crippen LogP contribution < -0.4 is 19.0 Å². The fourth-order valence-corrected chi connectivity index (χ4v) is 13.5. The van der Waals surface area contributed by atoms with Gasteiger partial charge in [-0.2, -0.15) is 13.7 Å². The van der Waals surface area contributed by atoms with Crippen LogP contribution in [0.2, 0.25) is 0 Å². The van der Waals surface area contributed by atoms with Gasteiger partial charge in [-0.1, -0.05) is 55.4 Å². The minimum atomic E-state index is 0.738. The number of nitrogens with zero attached hydrogens (tertiary/aromatic N) is 11. The Hall–Kier alpha value is -10.2. The summed E-state index contributed by atoms with van der Waals surface area (Å²) in [5.74, 6) is 0. The van der Waals surface area contributed by atoms with Gasteiger partial charge in [-0.15, -0.1) is 0 Å². The molecule has 6 aromatic heterocycles. The van der Waals surface area contributed by atoms with Gasteiger partial charge in [-0.25, -0.2) is 20.0 Å². The lowest BCUT2D eigenvalue weighted by Crippen LogP contribution is -2.38. The van der Waals surface area contributed by atoms with Crippen LogP contribution in [0.5, 0.6) is 0 Å². The highest BCUT2D eigenvalue weighted by molar-refractivity contribution is 6.35. The van der Waals surface area contributed by atoms with E-state index in [0.29, 0.717) is 0 Å². The second kappa shape index (κ2) is 24.6. The van der Waals surface area contributed by atoms with Crippen molar-refractivity contribution >= 4 is 39.9 Å². The number of hydrogen-bond donors (Lipinski definition) is 1. The maximum Gasteiger partial charge on any atom is 0.262 e. The lowest BCUT2D eigenvalue weighted by molar-refractivity contribution is -0.576. The molecule has 8 bridgehead atoms. The van der Waals surface area contributed by atoms with Crippen LogP contribution in [-0.2, 0) is 0 Å². The Morgan fingerprint density at radius 1 is 0.318 bits per heavy atom. The van der Waals surface area contributed by atoms with Crippen molar-refractivity contribution in [3.05, 3.63) is 280 Å². The predicted octanol–water partition coefficient (Wildman–Crippen LogP) is 15.4.